The van der Waals surface area contributed by atoms with Crippen molar-refractivity contribution in [1.82, 2.24) is 0 Å². The molecule has 0 aliphatic heterocycles. The van der Waals surface area contributed by atoms with Crippen molar-refractivity contribution in [1.29, 1.82) is 0 Å². The summed E-state index contributed by atoms with van der Waals surface area (Å²) in [7, 11) is -0.703. The third-order valence-electron chi connectivity index (χ3n) is 2.84. The van der Waals surface area contributed by atoms with E-state index in [-0.39, 0.29) is 11.3 Å². The Morgan fingerprint density at radius 2 is 1.93 bits per heavy atom. The maximum Gasteiger partial charge on any atom is 0.0499 e. The lowest BCUT2D eigenvalue weighted by Gasteiger charge is -2.21. The Morgan fingerprint density at radius 3 is 2.57 bits per heavy atom. The molecule has 0 heterocycles. The van der Waals surface area contributed by atoms with E-state index < -0.39 is 10.8 Å². The normalized spacial score (nSPS) is 31.4. The van der Waals surface area contributed by atoms with E-state index in [1.54, 1.807) is 0 Å². The maximum atomic E-state index is 12.0. The molecule has 0 aromatic heterocycles. The second-order valence-corrected chi connectivity index (χ2v) is 6.48. The lowest BCUT2D eigenvalue weighted by Crippen LogP contribution is -2.38. The van der Waals surface area contributed by atoms with E-state index >= 15 is 0 Å². The minimum atomic E-state index is -0.703. The van der Waals surface area contributed by atoms with E-state index in [9.17, 15) is 4.21 Å². The number of hydrogen-bond donors (Lipinski definition) is 1. The highest BCUT2D eigenvalue weighted by molar-refractivity contribution is 7.85. The summed E-state index contributed by atoms with van der Waals surface area (Å²) in [6.07, 6.45) is 5.83. The van der Waals surface area contributed by atoms with Crippen LogP contribution in [0.25, 0.3) is 0 Å². The van der Waals surface area contributed by atoms with Gasteiger partial charge in [-0.1, -0.05) is 33.1 Å². The molecule has 1 aliphatic carbocycles. The van der Waals surface area contributed by atoms with Crippen molar-refractivity contribution in [3.05, 3.63) is 0 Å². The van der Waals surface area contributed by atoms with E-state index in [0.29, 0.717) is 5.92 Å². The molecular formula is C11H23NOS. The Kier molecular flexibility index (Phi) is 5.10. The first kappa shape index (κ1) is 12.2. The molecule has 0 aromatic carbocycles. The molecule has 1 fully saturated rings. The van der Waals surface area contributed by atoms with Gasteiger partial charge in [-0.3, -0.25) is 4.21 Å². The second kappa shape index (κ2) is 5.86. The summed E-state index contributed by atoms with van der Waals surface area (Å²) < 4.78 is 12.0. The molecule has 84 valence electrons. The molecule has 3 unspecified atom stereocenters. The zero-order valence-corrected chi connectivity index (χ0v) is 10.2. The molecule has 0 amide bonds. The van der Waals surface area contributed by atoms with Crippen LogP contribution in [0.4, 0.5) is 0 Å². The molecule has 1 rings (SSSR count). The fourth-order valence-corrected chi connectivity index (χ4v) is 3.94. The minimum absolute atomic E-state index is 0.178. The highest BCUT2D eigenvalue weighted by Crippen LogP contribution is 2.21. The van der Waals surface area contributed by atoms with Crippen LogP contribution in [0.2, 0.25) is 0 Å². The van der Waals surface area contributed by atoms with Crippen molar-refractivity contribution in [2.45, 2.75) is 57.2 Å². The number of nitrogens with two attached hydrogens (primary N) is 1. The lowest BCUT2D eigenvalue weighted by atomic mass is 10.1. The van der Waals surface area contributed by atoms with E-state index in [1.807, 2.05) is 0 Å². The molecule has 3 heteroatoms. The zero-order chi connectivity index (χ0) is 10.6. The number of rotatable bonds is 3. The van der Waals surface area contributed by atoms with E-state index in [2.05, 4.69) is 13.8 Å². The monoisotopic (exact) mass is 217 g/mol. The Balaban J connectivity index is 2.50. The first-order valence-corrected chi connectivity index (χ1v) is 7.12. The topological polar surface area (TPSA) is 43.1 Å². The van der Waals surface area contributed by atoms with Crippen molar-refractivity contribution >= 4 is 10.8 Å². The summed E-state index contributed by atoms with van der Waals surface area (Å²) in [6.45, 7) is 4.25. The van der Waals surface area contributed by atoms with Crippen LogP contribution in [0.5, 0.6) is 0 Å². The first-order chi connectivity index (χ1) is 6.61. The Hall–Kier alpha value is 0.110. The molecular weight excluding hydrogens is 194 g/mol. The molecule has 0 saturated heterocycles. The van der Waals surface area contributed by atoms with Crippen LogP contribution in [-0.4, -0.2) is 21.3 Å². The molecule has 14 heavy (non-hydrogen) atoms. The zero-order valence-electron chi connectivity index (χ0n) is 9.37. The molecule has 0 aromatic rings. The molecule has 0 radical (unpaired) electrons. The molecule has 3 atom stereocenters. The van der Waals surface area contributed by atoms with Gasteiger partial charge in [-0.2, -0.15) is 0 Å². The highest BCUT2D eigenvalue weighted by Gasteiger charge is 2.25. The highest BCUT2D eigenvalue weighted by atomic mass is 32.2. The van der Waals surface area contributed by atoms with E-state index in [0.717, 1.165) is 18.6 Å². The average Bonchev–Trinajstić information content (AvgIpc) is 2.28. The van der Waals surface area contributed by atoms with Crippen molar-refractivity contribution in [2.24, 2.45) is 11.7 Å². The van der Waals surface area contributed by atoms with Gasteiger partial charge >= 0.3 is 0 Å². The molecule has 0 spiro atoms. The van der Waals surface area contributed by atoms with Gasteiger partial charge in [0, 0.05) is 27.8 Å². The molecule has 0 bridgehead atoms. The third-order valence-corrected chi connectivity index (χ3v) is 5.09. The predicted molar refractivity (Wildman–Crippen MR) is 62.7 cm³/mol. The summed E-state index contributed by atoms with van der Waals surface area (Å²) in [6, 6.07) is 0.178. The average molecular weight is 217 g/mol. The van der Waals surface area contributed by atoms with Crippen LogP contribution in [0, 0.1) is 5.92 Å². The van der Waals surface area contributed by atoms with Gasteiger partial charge in [-0.15, -0.1) is 0 Å². The smallest absolute Gasteiger partial charge is 0.0499 e. The summed E-state index contributed by atoms with van der Waals surface area (Å²) in [5.74, 6) is 1.34. The summed E-state index contributed by atoms with van der Waals surface area (Å²) in [5, 5.41) is 0.264. The Bertz CT molecular complexity index is 194. The van der Waals surface area contributed by atoms with E-state index in [1.165, 1.54) is 19.3 Å². The number of hydrogen-bond acceptors (Lipinski definition) is 2. The summed E-state index contributed by atoms with van der Waals surface area (Å²) in [4.78, 5) is 0. The quantitative estimate of drug-likeness (QED) is 0.735. The lowest BCUT2D eigenvalue weighted by molar-refractivity contribution is 0.570. The van der Waals surface area contributed by atoms with Gasteiger partial charge in [0.1, 0.15) is 0 Å². The Morgan fingerprint density at radius 1 is 1.29 bits per heavy atom. The van der Waals surface area contributed by atoms with Crippen molar-refractivity contribution < 1.29 is 4.21 Å². The van der Waals surface area contributed by atoms with Crippen LogP contribution in [0.3, 0.4) is 0 Å². The van der Waals surface area contributed by atoms with Crippen LogP contribution in [-0.2, 0) is 10.8 Å². The third kappa shape index (κ3) is 3.70. The Labute approximate surface area is 90.1 Å². The summed E-state index contributed by atoms with van der Waals surface area (Å²) >= 11 is 0. The van der Waals surface area contributed by atoms with Gasteiger partial charge in [0.25, 0.3) is 0 Å². The fourth-order valence-electron chi connectivity index (χ4n) is 2.08. The molecule has 1 saturated carbocycles. The summed E-state index contributed by atoms with van der Waals surface area (Å²) in [5.41, 5.74) is 6.06. The van der Waals surface area contributed by atoms with Gasteiger partial charge in [-0.25, -0.2) is 0 Å². The van der Waals surface area contributed by atoms with Gasteiger partial charge in [0.2, 0.25) is 0 Å². The second-order valence-electron chi connectivity index (χ2n) is 4.78. The van der Waals surface area contributed by atoms with Gasteiger partial charge in [0.05, 0.1) is 0 Å². The largest absolute Gasteiger partial charge is 0.327 e. The van der Waals surface area contributed by atoms with Crippen LogP contribution in [0.15, 0.2) is 0 Å². The van der Waals surface area contributed by atoms with Gasteiger partial charge in [-0.05, 0) is 18.8 Å². The molecule has 2 N–H and O–H groups in total. The SMILES string of the molecule is CC(C)CS(=O)C1CCCCCC1N. The predicted octanol–water partition coefficient (Wildman–Crippen LogP) is 2.05. The van der Waals surface area contributed by atoms with Crippen molar-refractivity contribution in [2.75, 3.05) is 5.75 Å². The first-order valence-electron chi connectivity index (χ1n) is 5.74. The fraction of sp³-hybridized carbons (Fsp3) is 1.00. The molecule has 2 nitrogen and oxygen atoms in total. The van der Waals surface area contributed by atoms with Crippen LogP contribution in [0.1, 0.15) is 46.0 Å². The maximum absolute atomic E-state index is 12.0. The van der Waals surface area contributed by atoms with Crippen molar-refractivity contribution in [3.8, 4) is 0 Å². The van der Waals surface area contributed by atoms with E-state index in [4.69, 9.17) is 5.73 Å². The minimum Gasteiger partial charge on any atom is -0.327 e. The van der Waals surface area contributed by atoms with Crippen LogP contribution < -0.4 is 5.73 Å². The van der Waals surface area contributed by atoms with Crippen LogP contribution >= 0.6 is 0 Å². The van der Waals surface area contributed by atoms with Gasteiger partial charge in [0.15, 0.2) is 0 Å². The standard InChI is InChI=1S/C11H23NOS/c1-9(2)8-14(13)11-7-5-3-4-6-10(11)12/h9-11H,3-8,12H2,1-2H3. The molecule has 1 aliphatic rings. The van der Waals surface area contributed by atoms with Crippen molar-refractivity contribution in [3.63, 3.8) is 0 Å². The van der Waals surface area contributed by atoms with Gasteiger partial charge < -0.3 is 5.73 Å².